The highest BCUT2D eigenvalue weighted by molar-refractivity contribution is 5.75. The van der Waals surface area contributed by atoms with Crippen molar-refractivity contribution in [2.45, 2.75) is 25.8 Å². The third-order valence-electron chi connectivity index (χ3n) is 1.44. The number of amides is 1. The normalized spacial score (nSPS) is 11.8. The third-order valence-corrected chi connectivity index (χ3v) is 1.44. The van der Waals surface area contributed by atoms with E-state index in [-0.39, 0.29) is 12.0 Å². The van der Waals surface area contributed by atoms with Crippen LogP contribution < -0.4 is 16.8 Å². The largest absolute Gasteiger partial charge is 0.370 e. The molecular formula is C7H16N4O. The third kappa shape index (κ3) is 6.85. The molecule has 70 valence electrons. The van der Waals surface area contributed by atoms with Crippen LogP contribution in [0.3, 0.4) is 0 Å². The Bertz CT molecular complexity index is 153. The molecule has 0 spiro atoms. The smallest absolute Gasteiger partial charge is 0.207 e. The van der Waals surface area contributed by atoms with E-state index >= 15 is 0 Å². The number of nitrogens with two attached hydrogens (primary N) is 2. The van der Waals surface area contributed by atoms with E-state index in [1.165, 1.54) is 0 Å². The molecule has 1 atom stereocenters. The van der Waals surface area contributed by atoms with E-state index in [0.29, 0.717) is 13.0 Å². The van der Waals surface area contributed by atoms with Crippen molar-refractivity contribution in [3.8, 4) is 0 Å². The minimum Gasteiger partial charge on any atom is -0.370 e. The quantitative estimate of drug-likeness (QED) is 0.211. The Morgan fingerprint density at radius 1 is 1.67 bits per heavy atom. The fraction of sp³-hybridized carbons (Fsp3) is 0.714. The molecule has 0 fully saturated rings. The Kier molecular flexibility index (Phi) is 5.77. The first-order valence-electron chi connectivity index (χ1n) is 3.92. The fourth-order valence-corrected chi connectivity index (χ4v) is 0.805. The van der Waals surface area contributed by atoms with Crippen LogP contribution in [0.2, 0.25) is 0 Å². The van der Waals surface area contributed by atoms with E-state index in [1.54, 1.807) is 0 Å². The number of nitrogens with zero attached hydrogens (tertiary/aromatic N) is 1. The van der Waals surface area contributed by atoms with Gasteiger partial charge in [0.25, 0.3) is 0 Å². The SMILES string of the molecule is CC(CCCN=C(N)N)NC=O. The standard InChI is InChI=1S/C7H16N4O/c1-6(11-5-12)3-2-4-10-7(8)9/h5-6H,2-4H2,1H3,(H,11,12)(H4,8,9,10). The zero-order chi connectivity index (χ0) is 9.40. The van der Waals surface area contributed by atoms with Crippen molar-refractivity contribution in [1.29, 1.82) is 0 Å². The molecule has 12 heavy (non-hydrogen) atoms. The van der Waals surface area contributed by atoms with Crippen LogP contribution in [0.15, 0.2) is 4.99 Å². The molecule has 0 heterocycles. The second kappa shape index (κ2) is 6.45. The van der Waals surface area contributed by atoms with Crippen LogP contribution >= 0.6 is 0 Å². The summed E-state index contributed by atoms with van der Waals surface area (Å²) >= 11 is 0. The lowest BCUT2D eigenvalue weighted by Crippen LogP contribution is -2.25. The molecule has 1 amide bonds. The van der Waals surface area contributed by atoms with Crippen LogP contribution in [0.5, 0.6) is 0 Å². The van der Waals surface area contributed by atoms with E-state index in [9.17, 15) is 4.79 Å². The molecule has 1 unspecified atom stereocenters. The molecule has 0 aromatic heterocycles. The summed E-state index contributed by atoms with van der Waals surface area (Å²) in [6, 6.07) is 0.191. The van der Waals surface area contributed by atoms with Gasteiger partial charge in [0.05, 0.1) is 0 Å². The first-order valence-corrected chi connectivity index (χ1v) is 3.92. The van der Waals surface area contributed by atoms with Crippen molar-refractivity contribution in [2.24, 2.45) is 16.5 Å². The van der Waals surface area contributed by atoms with Gasteiger partial charge in [-0.2, -0.15) is 0 Å². The molecule has 0 bridgehead atoms. The van der Waals surface area contributed by atoms with Gasteiger partial charge in [-0.15, -0.1) is 0 Å². The Morgan fingerprint density at radius 3 is 2.83 bits per heavy atom. The molecule has 5 N–H and O–H groups in total. The highest BCUT2D eigenvalue weighted by atomic mass is 16.1. The van der Waals surface area contributed by atoms with Gasteiger partial charge in [0.2, 0.25) is 6.41 Å². The minimum atomic E-state index is 0.117. The van der Waals surface area contributed by atoms with Gasteiger partial charge in [0.15, 0.2) is 5.96 Å². The zero-order valence-corrected chi connectivity index (χ0v) is 7.29. The summed E-state index contributed by atoms with van der Waals surface area (Å²) in [5.41, 5.74) is 10.2. The number of guanidine groups is 1. The summed E-state index contributed by atoms with van der Waals surface area (Å²) in [4.78, 5) is 13.8. The zero-order valence-electron chi connectivity index (χ0n) is 7.29. The lowest BCUT2D eigenvalue weighted by molar-refractivity contribution is -0.110. The number of carbonyl (C=O) groups is 1. The number of rotatable bonds is 6. The predicted molar refractivity (Wildman–Crippen MR) is 48.6 cm³/mol. The summed E-state index contributed by atoms with van der Waals surface area (Å²) in [5.74, 6) is 0.117. The number of hydrogen-bond acceptors (Lipinski definition) is 2. The van der Waals surface area contributed by atoms with Crippen LogP contribution in [0, 0.1) is 0 Å². The molecule has 0 aliphatic heterocycles. The molecule has 0 aliphatic rings. The average molecular weight is 172 g/mol. The van der Waals surface area contributed by atoms with E-state index in [4.69, 9.17) is 11.5 Å². The highest BCUT2D eigenvalue weighted by Gasteiger charge is 1.97. The predicted octanol–water partition coefficient (Wildman–Crippen LogP) is -0.825. The molecule has 0 rings (SSSR count). The molecule has 0 aliphatic carbocycles. The second-order valence-electron chi connectivity index (χ2n) is 2.63. The summed E-state index contributed by atoms with van der Waals surface area (Å²) in [6.45, 7) is 2.55. The molecule has 0 saturated carbocycles. The van der Waals surface area contributed by atoms with Gasteiger partial charge in [-0.1, -0.05) is 0 Å². The number of hydrogen-bond donors (Lipinski definition) is 3. The number of carbonyl (C=O) groups excluding carboxylic acids is 1. The first-order chi connectivity index (χ1) is 5.66. The maximum atomic E-state index is 9.98. The fourth-order valence-electron chi connectivity index (χ4n) is 0.805. The maximum absolute atomic E-state index is 9.98. The molecule has 5 nitrogen and oxygen atoms in total. The summed E-state index contributed by atoms with van der Waals surface area (Å²) < 4.78 is 0. The topological polar surface area (TPSA) is 93.5 Å². The molecule has 5 heteroatoms. The van der Waals surface area contributed by atoms with Crippen LogP contribution in [0.1, 0.15) is 19.8 Å². The van der Waals surface area contributed by atoms with E-state index in [0.717, 1.165) is 12.8 Å². The Balaban J connectivity index is 3.30. The van der Waals surface area contributed by atoms with Crippen molar-refractivity contribution in [2.75, 3.05) is 6.54 Å². The summed E-state index contributed by atoms with van der Waals surface area (Å²) in [7, 11) is 0. The van der Waals surface area contributed by atoms with Crippen molar-refractivity contribution in [1.82, 2.24) is 5.32 Å². The summed E-state index contributed by atoms with van der Waals surface area (Å²) in [6.07, 6.45) is 2.46. The van der Waals surface area contributed by atoms with Crippen LogP contribution in [-0.4, -0.2) is 25.0 Å². The number of aliphatic imine (C=N–C) groups is 1. The second-order valence-corrected chi connectivity index (χ2v) is 2.63. The Hall–Kier alpha value is -1.26. The summed E-state index contributed by atoms with van der Waals surface area (Å²) in [5, 5.41) is 2.64. The monoisotopic (exact) mass is 172 g/mol. The molecular weight excluding hydrogens is 156 g/mol. The van der Waals surface area contributed by atoms with Gasteiger partial charge in [-0.25, -0.2) is 0 Å². The van der Waals surface area contributed by atoms with Crippen LogP contribution in [0.25, 0.3) is 0 Å². The Morgan fingerprint density at radius 2 is 2.33 bits per heavy atom. The van der Waals surface area contributed by atoms with Gasteiger partial charge >= 0.3 is 0 Å². The molecule has 0 radical (unpaired) electrons. The highest BCUT2D eigenvalue weighted by Crippen LogP contribution is 1.95. The molecule has 0 aromatic rings. The first kappa shape index (κ1) is 10.7. The van der Waals surface area contributed by atoms with Gasteiger partial charge in [-0.3, -0.25) is 9.79 Å². The van der Waals surface area contributed by atoms with E-state index in [1.807, 2.05) is 6.92 Å². The van der Waals surface area contributed by atoms with E-state index in [2.05, 4.69) is 10.3 Å². The average Bonchev–Trinajstić information content (AvgIpc) is 1.98. The minimum absolute atomic E-state index is 0.117. The van der Waals surface area contributed by atoms with Gasteiger partial charge < -0.3 is 16.8 Å². The lowest BCUT2D eigenvalue weighted by atomic mass is 10.2. The lowest BCUT2D eigenvalue weighted by Gasteiger charge is -2.07. The van der Waals surface area contributed by atoms with Gasteiger partial charge in [0, 0.05) is 12.6 Å². The van der Waals surface area contributed by atoms with Gasteiger partial charge in [-0.05, 0) is 19.8 Å². The maximum Gasteiger partial charge on any atom is 0.207 e. The molecule has 0 saturated heterocycles. The van der Waals surface area contributed by atoms with Crippen molar-refractivity contribution >= 4 is 12.4 Å². The van der Waals surface area contributed by atoms with Crippen molar-refractivity contribution in [3.63, 3.8) is 0 Å². The van der Waals surface area contributed by atoms with Crippen LogP contribution in [0.4, 0.5) is 0 Å². The van der Waals surface area contributed by atoms with Crippen molar-refractivity contribution < 1.29 is 4.79 Å². The Labute approximate surface area is 72.2 Å². The molecule has 0 aromatic carbocycles. The van der Waals surface area contributed by atoms with Gasteiger partial charge in [0.1, 0.15) is 0 Å². The van der Waals surface area contributed by atoms with Crippen LogP contribution in [-0.2, 0) is 4.79 Å². The van der Waals surface area contributed by atoms with E-state index < -0.39 is 0 Å². The van der Waals surface area contributed by atoms with Crippen molar-refractivity contribution in [3.05, 3.63) is 0 Å². The number of nitrogens with one attached hydrogen (secondary N) is 1.